The van der Waals surface area contributed by atoms with Crippen LogP contribution in [0.15, 0.2) is 65.7 Å². The first-order valence-electron chi connectivity index (χ1n) is 5.21. The third kappa shape index (κ3) is 2.11. The molecule has 0 atom stereocenters. The molecule has 0 unspecified atom stereocenters. The second kappa shape index (κ2) is 4.62. The smallest absolute Gasteiger partial charge is 0.0868 e. The molecule has 2 rings (SSSR count). The van der Waals surface area contributed by atoms with Crippen molar-refractivity contribution in [1.82, 2.24) is 0 Å². The van der Waals surface area contributed by atoms with Crippen LogP contribution in [0, 0.1) is 0 Å². The van der Waals surface area contributed by atoms with Gasteiger partial charge in [-0.3, -0.25) is 0 Å². The van der Waals surface area contributed by atoms with Crippen molar-refractivity contribution in [2.75, 3.05) is 12.4 Å². The SMILES string of the molecule is C=C1C=CC=CC1=Nc1ccccc1NC. The van der Waals surface area contributed by atoms with Crippen LogP contribution in [0.25, 0.3) is 0 Å². The van der Waals surface area contributed by atoms with E-state index in [1.807, 2.05) is 55.6 Å². The van der Waals surface area contributed by atoms with Crippen LogP contribution >= 0.6 is 0 Å². The minimum absolute atomic E-state index is 0.908. The summed E-state index contributed by atoms with van der Waals surface area (Å²) in [6.45, 7) is 3.96. The summed E-state index contributed by atoms with van der Waals surface area (Å²) in [5.74, 6) is 0. The standard InChI is InChI=1S/C14H14N2/c1-11-7-3-4-8-12(11)16-14-10-6-5-9-13(14)15-2/h3-10,15H,1H2,2H3. The van der Waals surface area contributed by atoms with Gasteiger partial charge in [0.2, 0.25) is 0 Å². The van der Waals surface area contributed by atoms with E-state index < -0.39 is 0 Å². The fourth-order valence-electron chi connectivity index (χ4n) is 1.53. The highest BCUT2D eigenvalue weighted by atomic mass is 14.9. The zero-order chi connectivity index (χ0) is 11.4. The fraction of sp³-hybridized carbons (Fsp3) is 0.0714. The molecule has 1 N–H and O–H groups in total. The number of nitrogens with zero attached hydrogens (tertiary/aromatic N) is 1. The molecular weight excluding hydrogens is 196 g/mol. The van der Waals surface area contributed by atoms with Crippen molar-refractivity contribution in [2.24, 2.45) is 4.99 Å². The number of hydrogen-bond donors (Lipinski definition) is 1. The van der Waals surface area contributed by atoms with Gasteiger partial charge in [0.25, 0.3) is 0 Å². The predicted octanol–water partition coefficient (Wildman–Crippen LogP) is 3.48. The minimum Gasteiger partial charge on any atom is -0.386 e. The molecule has 80 valence electrons. The molecule has 1 aromatic rings. The molecule has 0 saturated carbocycles. The van der Waals surface area contributed by atoms with Crippen molar-refractivity contribution < 1.29 is 0 Å². The second-order valence-electron chi connectivity index (χ2n) is 3.51. The van der Waals surface area contributed by atoms with Crippen LogP contribution in [-0.2, 0) is 0 Å². The summed E-state index contributed by atoms with van der Waals surface area (Å²) in [4.78, 5) is 4.59. The van der Waals surface area contributed by atoms with Crippen LogP contribution in [-0.4, -0.2) is 12.8 Å². The van der Waals surface area contributed by atoms with Gasteiger partial charge in [0, 0.05) is 7.05 Å². The van der Waals surface area contributed by atoms with Gasteiger partial charge in [0.15, 0.2) is 0 Å². The van der Waals surface area contributed by atoms with Crippen LogP contribution in [0.4, 0.5) is 11.4 Å². The molecule has 0 aliphatic heterocycles. The van der Waals surface area contributed by atoms with E-state index in [-0.39, 0.29) is 0 Å². The van der Waals surface area contributed by atoms with Crippen LogP contribution in [0.3, 0.4) is 0 Å². The zero-order valence-electron chi connectivity index (χ0n) is 9.27. The maximum atomic E-state index is 4.59. The molecule has 1 aliphatic carbocycles. The highest BCUT2D eigenvalue weighted by Gasteiger charge is 2.03. The third-order valence-electron chi connectivity index (χ3n) is 2.41. The molecule has 1 aromatic carbocycles. The van der Waals surface area contributed by atoms with E-state index in [4.69, 9.17) is 0 Å². The van der Waals surface area contributed by atoms with Crippen molar-refractivity contribution in [1.29, 1.82) is 0 Å². The Morgan fingerprint density at radius 1 is 1.12 bits per heavy atom. The monoisotopic (exact) mass is 210 g/mol. The number of nitrogens with one attached hydrogen (secondary N) is 1. The molecule has 0 radical (unpaired) electrons. The van der Waals surface area contributed by atoms with E-state index in [0.717, 1.165) is 22.7 Å². The van der Waals surface area contributed by atoms with Gasteiger partial charge in [-0.05, 0) is 23.8 Å². The van der Waals surface area contributed by atoms with Gasteiger partial charge in [-0.15, -0.1) is 0 Å². The number of anilines is 1. The summed E-state index contributed by atoms with van der Waals surface area (Å²) in [6, 6.07) is 7.95. The zero-order valence-corrected chi connectivity index (χ0v) is 9.27. The Hall–Kier alpha value is -2.09. The number of aliphatic imine (C=N–C) groups is 1. The lowest BCUT2D eigenvalue weighted by Crippen LogP contribution is -1.98. The van der Waals surface area contributed by atoms with E-state index in [9.17, 15) is 0 Å². The topological polar surface area (TPSA) is 24.4 Å². The van der Waals surface area contributed by atoms with E-state index in [2.05, 4.69) is 16.9 Å². The molecule has 0 spiro atoms. The lowest BCUT2D eigenvalue weighted by molar-refractivity contribution is 1.44. The van der Waals surface area contributed by atoms with E-state index >= 15 is 0 Å². The molecular formula is C14H14N2. The molecule has 16 heavy (non-hydrogen) atoms. The first kappa shape index (κ1) is 10.4. The Balaban J connectivity index is 2.39. The van der Waals surface area contributed by atoms with Crippen LogP contribution in [0.2, 0.25) is 0 Å². The molecule has 2 heteroatoms. The van der Waals surface area contributed by atoms with Crippen LogP contribution in [0.1, 0.15) is 0 Å². The lowest BCUT2D eigenvalue weighted by Gasteiger charge is -2.08. The minimum atomic E-state index is 0.908. The number of hydrogen-bond acceptors (Lipinski definition) is 2. The van der Waals surface area contributed by atoms with Gasteiger partial charge in [-0.2, -0.15) is 0 Å². The molecule has 0 fully saturated rings. The lowest BCUT2D eigenvalue weighted by atomic mass is 10.1. The van der Waals surface area contributed by atoms with Gasteiger partial charge in [0.05, 0.1) is 17.1 Å². The second-order valence-corrected chi connectivity index (χ2v) is 3.51. The third-order valence-corrected chi connectivity index (χ3v) is 2.41. The average Bonchev–Trinajstić information content (AvgIpc) is 2.33. The Labute approximate surface area is 95.7 Å². The Kier molecular flexibility index (Phi) is 3.01. The summed E-state index contributed by atoms with van der Waals surface area (Å²) >= 11 is 0. The normalized spacial score (nSPS) is 16.8. The van der Waals surface area contributed by atoms with Gasteiger partial charge in [0.1, 0.15) is 0 Å². The van der Waals surface area contributed by atoms with Crippen LogP contribution < -0.4 is 5.32 Å². The quantitative estimate of drug-likeness (QED) is 0.794. The molecule has 0 saturated heterocycles. The number of para-hydroxylation sites is 2. The summed E-state index contributed by atoms with van der Waals surface area (Å²) in [5.41, 5.74) is 3.80. The summed E-state index contributed by atoms with van der Waals surface area (Å²) in [5, 5.41) is 3.12. The summed E-state index contributed by atoms with van der Waals surface area (Å²) in [6.07, 6.45) is 7.86. The molecule has 1 aliphatic rings. The maximum absolute atomic E-state index is 4.59. The highest BCUT2D eigenvalue weighted by Crippen LogP contribution is 2.25. The van der Waals surface area contributed by atoms with Crippen molar-refractivity contribution in [2.45, 2.75) is 0 Å². The van der Waals surface area contributed by atoms with E-state index in [0.29, 0.717) is 0 Å². The Morgan fingerprint density at radius 2 is 1.88 bits per heavy atom. The summed E-state index contributed by atoms with van der Waals surface area (Å²) in [7, 11) is 1.89. The molecule has 0 aromatic heterocycles. The Bertz CT molecular complexity index is 493. The van der Waals surface area contributed by atoms with E-state index in [1.54, 1.807) is 0 Å². The molecule has 0 bridgehead atoms. The van der Waals surface area contributed by atoms with Crippen molar-refractivity contribution in [3.05, 3.63) is 60.7 Å². The fourth-order valence-corrected chi connectivity index (χ4v) is 1.53. The molecule has 2 nitrogen and oxygen atoms in total. The maximum Gasteiger partial charge on any atom is 0.0868 e. The van der Waals surface area contributed by atoms with Crippen LogP contribution in [0.5, 0.6) is 0 Å². The van der Waals surface area contributed by atoms with Gasteiger partial charge < -0.3 is 5.32 Å². The number of rotatable bonds is 2. The molecule has 0 amide bonds. The first-order valence-corrected chi connectivity index (χ1v) is 5.21. The first-order chi connectivity index (χ1) is 7.81. The predicted molar refractivity (Wildman–Crippen MR) is 70.5 cm³/mol. The summed E-state index contributed by atoms with van der Waals surface area (Å²) < 4.78 is 0. The molecule has 0 heterocycles. The van der Waals surface area contributed by atoms with Crippen molar-refractivity contribution in [3.63, 3.8) is 0 Å². The van der Waals surface area contributed by atoms with Crippen molar-refractivity contribution >= 4 is 17.1 Å². The number of benzene rings is 1. The largest absolute Gasteiger partial charge is 0.386 e. The van der Waals surface area contributed by atoms with Crippen molar-refractivity contribution in [3.8, 4) is 0 Å². The Morgan fingerprint density at radius 3 is 2.62 bits per heavy atom. The highest BCUT2D eigenvalue weighted by molar-refractivity contribution is 6.12. The van der Waals surface area contributed by atoms with Gasteiger partial charge in [-0.25, -0.2) is 4.99 Å². The van der Waals surface area contributed by atoms with E-state index in [1.165, 1.54) is 0 Å². The van der Waals surface area contributed by atoms with Gasteiger partial charge in [-0.1, -0.05) is 36.9 Å². The van der Waals surface area contributed by atoms with Gasteiger partial charge >= 0.3 is 0 Å². The number of allylic oxidation sites excluding steroid dienone is 5. The average molecular weight is 210 g/mol.